The van der Waals surface area contributed by atoms with Gasteiger partial charge in [0.25, 0.3) is 0 Å². The van der Waals surface area contributed by atoms with Gasteiger partial charge in [0.05, 0.1) is 5.02 Å². The molecule has 6 nitrogen and oxygen atoms in total. The van der Waals surface area contributed by atoms with Crippen LogP contribution < -0.4 is 15.7 Å². The molecule has 30 heavy (non-hydrogen) atoms. The fourth-order valence-corrected chi connectivity index (χ4v) is 3.68. The SMILES string of the molecule is CSCCC(NC(C)=O)C(=O)Oc1cc2oc(=O)cc(-c3ccccc3)c2cc1Cl. The van der Waals surface area contributed by atoms with E-state index < -0.39 is 17.6 Å². The van der Waals surface area contributed by atoms with Crippen molar-refractivity contribution in [2.45, 2.75) is 19.4 Å². The van der Waals surface area contributed by atoms with Gasteiger partial charge in [-0.2, -0.15) is 11.8 Å². The highest BCUT2D eigenvalue weighted by Crippen LogP contribution is 2.35. The Balaban J connectivity index is 1.98. The molecule has 0 bridgehead atoms. The van der Waals surface area contributed by atoms with Crippen molar-refractivity contribution in [3.8, 4) is 16.9 Å². The number of thioether (sulfide) groups is 1. The molecule has 0 saturated heterocycles. The highest BCUT2D eigenvalue weighted by Gasteiger charge is 2.23. The van der Waals surface area contributed by atoms with Gasteiger partial charge < -0.3 is 14.5 Å². The Morgan fingerprint density at radius 2 is 1.93 bits per heavy atom. The first-order chi connectivity index (χ1) is 14.4. The lowest BCUT2D eigenvalue weighted by atomic mass is 10.0. The first kappa shape index (κ1) is 21.9. The lowest BCUT2D eigenvalue weighted by Gasteiger charge is -2.17. The van der Waals surface area contributed by atoms with E-state index in [1.54, 1.807) is 17.8 Å². The van der Waals surface area contributed by atoms with Crippen LogP contribution in [0.1, 0.15) is 13.3 Å². The van der Waals surface area contributed by atoms with Crippen molar-refractivity contribution in [3.05, 3.63) is 64.0 Å². The third kappa shape index (κ3) is 5.23. The number of hydrogen-bond donors (Lipinski definition) is 1. The Labute approximate surface area is 182 Å². The minimum atomic E-state index is -0.802. The van der Waals surface area contributed by atoms with Gasteiger partial charge in [-0.1, -0.05) is 41.9 Å². The van der Waals surface area contributed by atoms with E-state index in [1.165, 1.54) is 19.1 Å². The van der Waals surface area contributed by atoms with Crippen molar-refractivity contribution in [3.63, 3.8) is 0 Å². The summed E-state index contributed by atoms with van der Waals surface area (Å²) in [5.74, 6) is -0.244. The molecule has 156 valence electrons. The van der Waals surface area contributed by atoms with E-state index in [4.69, 9.17) is 20.8 Å². The van der Waals surface area contributed by atoms with E-state index in [0.29, 0.717) is 23.1 Å². The van der Waals surface area contributed by atoms with Crippen molar-refractivity contribution in [1.29, 1.82) is 0 Å². The van der Waals surface area contributed by atoms with Crippen molar-refractivity contribution in [2.24, 2.45) is 0 Å². The Morgan fingerprint density at radius 1 is 1.20 bits per heavy atom. The second-order valence-electron chi connectivity index (χ2n) is 6.58. The summed E-state index contributed by atoms with van der Waals surface area (Å²) < 4.78 is 10.8. The number of benzene rings is 2. The summed E-state index contributed by atoms with van der Waals surface area (Å²) in [4.78, 5) is 36.1. The zero-order valence-corrected chi connectivity index (χ0v) is 18.0. The fourth-order valence-electron chi connectivity index (χ4n) is 3.01. The molecule has 0 aliphatic rings. The molecule has 0 radical (unpaired) electrons. The van der Waals surface area contributed by atoms with Gasteiger partial charge in [-0.05, 0) is 35.6 Å². The molecule has 1 aromatic heterocycles. The van der Waals surface area contributed by atoms with Crippen molar-refractivity contribution < 1.29 is 18.7 Å². The number of fused-ring (bicyclic) bond motifs is 1. The van der Waals surface area contributed by atoms with Gasteiger partial charge in [0.2, 0.25) is 5.91 Å². The molecule has 3 rings (SSSR count). The molecular weight excluding hydrogens is 426 g/mol. The molecule has 0 aliphatic heterocycles. The van der Waals surface area contributed by atoms with Crippen LogP contribution in [0, 0.1) is 0 Å². The molecule has 2 aromatic carbocycles. The molecule has 1 atom stereocenters. The number of ether oxygens (including phenoxy) is 1. The molecule has 1 N–H and O–H groups in total. The van der Waals surface area contributed by atoms with Crippen LogP contribution >= 0.6 is 23.4 Å². The minimum absolute atomic E-state index is 0.0574. The second-order valence-corrected chi connectivity index (χ2v) is 7.97. The molecule has 1 unspecified atom stereocenters. The van der Waals surface area contributed by atoms with Gasteiger partial charge in [0.15, 0.2) is 5.75 Å². The molecule has 0 spiro atoms. The first-order valence-electron chi connectivity index (χ1n) is 9.19. The van der Waals surface area contributed by atoms with Crippen LogP contribution in [0.4, 0.5) is 0 Å². The third-order valence-corrected chi connectivity index (χ3v) is 5.30. The van der Waals surface area contributed by atoms with E-state index in [0.717, 1.165) is 5.56 Å². The number of nitrogens with one attached hydrogen (secondary N) is 1. The molecule has 1 amide bonds. The lowest BCUT2D eigenvalue weighted by molar-refractivity contribution is -0.139. The van der Waals surface area contributed by atoms with Crippen LogP contribution in [0.3, 0.4) is 0 Å². The Bertz CT molecular complexity index is 1130. The smallest absolute Gasteiger partial charge is 0.336 e. The molecule has 0 saturated carbocycles. The summed E-state index contributed by atoms with van der Waals surface area (Å²) in [6.45, 7) is 1.34. The van der Waals surface area contributed by atoms with Gasteiger partial charge in [-0.3, -0.25) is 4.79 Å². The monoisotopic (exact) mass is 445 g/mol. The van der Waals surface area contributed by atoms with Crippen LogP contribution in [-0.2, 0) is 9.59 Å². The van der Waals surface area contributed by atoms with E-state index in [-0.39, 0.29) is 22.3 Å². The number of halogens is 1. The Morgan fingerprint density at radius 3 is 2.60 bits per heavy atom. The van der Waals surface area contributed by atoms with Crippen LogP contribution in [0.5, 0.6) is 5.75 Å². The van der Waals surface area contributed by atoms with Crippen LogP contribution in [-0.4, -0.2) is 29.9 Å². The quantitative estimate of drug-likeness (QED) is 0.332. The number of hydrogen-bond acceptors (Lipinski definition) is 6. The van der Waals surface area contributed by atoms with Crippen LogP contribution in [0.15, 0.2) is 57.7 Å². The lowest BCUT2D eigenvalue weighted by Crippen LogP contribution is -2.42. The van der Waals surface area contributed by atoms with E-state index in [1.807, 2.05) is 36.6 Å². The van der Waals surface area contributed by atoms with Gasteiger partial charge in [0.1, 0.15) is 11.6 Å². The summed E-state index contributed by atoms with van der Waals surface area (Å²) in [5.41, 5.74) is 1.21. The van der Waals surface area contributed by atoms with Gasteiger partial charge in [0, 0.05) is 24.4 Å². The minimum Gasteiger partial charge on any atom is -0.423 e. The van der Waals surface area contributed by atoms with Crippen molar-refractivity contribution in [2.75, 3.05) is 12.0 Å². The number of carbonyl (C=O) groups is 2. The van der Waals surface area contributed by atoms with Crippen LogP contribution in [0.2, 0.25) is 5.02 Å². The van der Waals surface area contributed by atoms with Crippen molar-refractivity contribution in [1.82, 2.24) is 5.32 Å². The molecular formula is C22H20ClNO5S. The number of amides is 1. The summed E-state index contributed by atoms with van der Waals surface area (Å²) in [5, 5.41) is 3.39. The zero-order chi connectivity index (χ0) is 21.7. The summed E-state index contributed by atoms with van der Waals surface area (Å²) >= 11 is 7.92. The zero-order valence-electron chi connectivity index (χ0n) is 16.4. The predicted octanol–water partition coefficient (Wildman–Crippen LogP) is 4.28. The molecule has 1 heterocycles. The number of carbonyl (C=O) groups excluding carboxylic acids is 2. The van der Waals surface area contributed by atoms with Crippen molar-refractivity contribution >= 4 is 46.2 Å². The summed E-state index contributed by atoms with van der Waals surface area (Å²) in [7, 11) is 0. The maximum atomic E-state index is 12.6. The highest BCUT2D eigenvalue weighted by molar-refractivity contribution is 7.98. The number of esters is 1. The molecule has 0 fully saturated rings. The largest absolute Gasteiger partial charge is 0.423 e. The molecule has 0 aliphatic carbocycles. The normalized spacial score (nSPS) is 11.8. The predicted molar refractivity (Wildman–Crippen MR) is 119 cm³/mol. The van der Waals surface area contributed by atoms with Gasteiger partial charge >= 0.3 is 11.6 Å². The summed E-state index contributed by atoms with van der Waals surface area (Å²) in [6, 6.07) is 13.0. The number of rotatable bonds is 7. The maximum Gasteiger partial charge on any atom is 0.336 e. The van der Waals surface area contributed by atoms with Crippen LogP contribution in [0.25, 0.3) is 22.1 Å². The Kier molecular flexibility index (Phi) is 7.18. The average molecular weight is 446 g/mol. The van der Waals surface area contributed by atoms with E-state index in [2.05, 4.69) is 5.32 Å². The highest BCUT2D eigenvalue weighted by atomic mass is 35.5. The topological polar surface area (TPSA) is 85.6 Å². The third-order valence-electron chi connectivity index (χ3n) is 4.37. The maximum absolute atomic E-state index is 12.6. The standard InChI is InChI=1S/C22H20ClNO5S/c1-13(25)24-18(8-9-30-2)22(27)29-20-12-19-16(10-17(20)23)15(11-21(26)28-19)14-6-4-3-5-7-14/h3-7,10-12,18H,8-9H2,1-2H3,(H,24,25). The summed E-state index contributed by atoms with van der Waals surface area (Å²) in [6.07, 6.45) is 2.32. The van der Waals surface area contributed by atoms with E-state index >= 15 is 0 Å². The fraction of sp³-hybridized carbons (Fsp3) is 0.227. The van der Waals surface area contributed by atoms with Gasteiger partial charge in [-0.25, -0.2) is 9.59 Å². The molecule has 8 heteroatoms. The molecule has 3 aromatic rings. The van der Waals surface area contributed by atoms with E-state index in [9.17, 15) is 14.4 Å². The first-order valence-corrected chi connectivity index (χ1v) is 11.0. The Hall–Kier alpha value is -2.77. The average Bonchev–Trinajstić information content (AvgIpc) is 2.71. The van der Waals surface area contributed by atoms with Gasteiger partial charge in [-0.15, -0.1) is 0 Å². The second kappa shape index (κ2) is 9.82.